The number of ketones is 2. The van der Waals surface area contributed by atoms with Crippen molar-refractivity contribution >= 4 is 45.4 Å². The maximum Gasteiger partial charge on any atom is 1.00 e. The summed E-state index contributed by atoms with van der Waals surface area (Å²) in [6, 6.07) is 33.7. The number of rotatable bonds is 16. The molecule has 0 spiro atoms. The van der Waals surface area contributed by atoms with Crippen LogP contribution in [0.2, 0.25) is 0 Å². The van der Waals surface area contributed by atoms with Gasteiger partial charge in [-0.3, -0.25) is 14.4 Å². The molecule has 0 amide bonds. The summed E-state index contributed by atoms with van der Waals surface area (Å²) in [6.07, 6.45) is 2.63. The van der Waals surface area contributed by atoms with Crippen molar-refractivity contribution < 1.29 is 109 Å². The average molecular weight is 1770 g/mol. The molecule has 4 N–H and O–H groups in total. The fraction of sp³-hybridized carbons (Fsp3) is 0.500. The number of ether oxygens (including phenoxy) is 7. The summed E-state index contributed by atoms with van der Waals surface area (Å²) < 4.78 is 41.9. The van der Waals surface area contributed by atoms with Crippen molar-refractivity contribution in [2.45, 2.75) is 295 Å². The Labute approximate surface area is 772 Å². The van der Waals surface area contributed by atoms with E-state index in [0.29, 0.717) is 86.3 Å². The molecule has 16 nitrogen and oxygen atoms in total. The Bertz CT molecular complexity index is 4680. The van der Waals surface area contributed by atoms with Crippen LogP contribution in [0.1, 0.15) is 336 Å². The normalized spacial score (nSPS) is 13.1. The van der Waals surface area contributed by atoms with Gasteiger partial charge in [0.2, 0.25) is 0 Å². The van der Waals surface area contributed by atoms with E-state index in [0.717, 1.165) is 134 Å². The molecule has 0 atom stereocenters. The Kier molecular flexibility index (Phi) is 33.9. The summed E-state index contributed by atoms with van der Waals surface area (Å²) in [5.41, 5.74) is 19.1. The van der Waals surface area contributed by atoms with E-state index < -0.39 is 11.9 Å². The van der Waals surface area contributed by atoms with E-state index in [-0.39, 0.29) is 154 Å². The maximum atomic E-state index is 13.1. The number of alkyl halides is 1. The second-order valence-corrected chi connectivity index (χ2v) is 42.1. The summed E-state index contributed by atoms with van der Waals surface area (Å²) in [7, 11) is 0. The molecule has 0 aliphatic heterocycles. The van der Waals surface area contributed by atoms with Crippen LogP contribution < -0.4 is 48.5 Å². The fourth-order valence-electron chi connectivity index (χ4n) is 15.2. The Morgan fingerprint density at radius 2 is 0.403 bits per heavy atom. The third-order valence-electron chi connectivity index (χ3n) is 22.6. The summed E-state index contributed by atoms with van der Waals surface area (Å²) in [5.74, 6) is 1.52. The van der Waals surface area contributed by atoms with Crippen LogP contribution in [0.15, 0.2) is 97.1 Å². The molecule has 668 valence electrons. The third-order valence-corrected chi connectivity index (χ3v) is 23.0. The molecule has 0 saturated carbocycles. The first kappa shape index (κ1) is 102. The minimum Gasteiger partial charge on any atom is -1.00 e. The quantitative estimate of drug-likeness (QED) is 0.0305. The van der Waals surface area contributed by atoms with Gasteiger partial charge in [-0.15, -0.1) is 0 Å². The molecule has 2 aliphatic carbocycles. The van der Waals surface area contributed by atoms with E-state index in [1.807, 2.05) is 0 Å². The van der Waals surface area contributed by atoms with Crippen LogP contribution in [0.4, 0.5) is 0 Å². The molecule has 0 saturated heterocycles. The van der Waals surface area contributed by atoms with Crippen molar-refractivity contribution in [2.24, 2.45) is 0 Å². The number of benzene rings is 8. The van der Waals surface area contributed by atoms with Gasteiger partial charge in [-0.2, -0.15) is 0 Å². The molecule has 0 aromatic heterocycles. The first-order valence-electron chi connectivity index (χ1n) is 43.4. The van der Waals surface area contributed by atoms with Crippen molar-refractivity contribution in [1.29, 1.82) is 0 Å². The minimum atomic E-state index is -0.497. The number of carbonyl (C=O) groups excluding carboxylic acids is 5. The SMILES string of the molecule is CC(C)(C)c1cc2c(O)c(c1)Cc1cc(C(C)(C)C)cc(c1O)Cc1cc(C(C)(C)C)cc(c1O)Cc1cc(C(C)(C)C)cc(c1O)C2.CCOC(=O)CBr.CCOC(=O)COc1c2cc(C(C)(C)C)cc1Cc1cc(C(C)(C)C)cc(c1OCC(=O)OCC)Cc1cc(C(C)(C)C)cc(c1OCC(C)=O)Cc1cc(C(C)(C)C)cc(c1OCC(C)=O)C2.[H-].[Na+]. The van der Waals surface area contributed by atoms with Gasteiger partial charge in [0.25, 0.3) is 0 Å². The molecule has 16 bridgehead atoms. The molecule has 0 unspecified atom stereocenters. The fourth-order valence-corrected chi connectivity index (χ4v) is 15.4. The largest absolute Gasteiger partial charge is 1.00 e. The number of halogens is 1. The van der Waals surface area contributed by atoms with Crippen molar-refractivity contribution in [1.82, 2.24) is 0 Å². The number of phenolic OH excluding ortho intramolecular Hbond substituents is 4. The second kappa shape index (κ2) is 41.0. The van der Waals surface area contributed by atoms with Crippen molar-refractivity contribution in [3.8, 4) is 46.0 Å². The molecule has 8 aromatic rings. The zero-order valence-electron chi connectivity index (χ0n) is 81.1. The number of fused-ring (bicyclic) bond motifs is 16. The Balaban J connectivity index is 0.000000369. The zero-order valence-corrected chi connectivity index (χ0v) is 83.7. The van der Waals surface area contributed by atoms with E-state index in [2.05, 4.69) is 284 Å². The number of Topliss-reactive ketones (excluding diaryl/α,β-unsaturated/α-hetero) is 2. The maximum absolute atomic E-state index is 13.1. The molecule has 18 heteroatoms. The Hall–Kier alpha value is -8.61. The molecule has 2 aliphatic rings. The molecule has 10 rings (SSSR count). The molecule has 124 heavy (non-hydrogen) atoms. The van der Waals surface area contributed by atoms with Gasteiger partial charge in [0.05, 0.1) is 19.8 Å². The van der Waals surface area contributed by atoms with Crippen LogP contribution in [-0.2, 0) is 133 Å². The number of phenols is 4. The predicted octanol–water partition coefficient (Wildman–Crippen LogP) is 19.8. The van der Waals surface area contributed by atoms with E-state index in [4.69, 9.17) is 28.4 Å². The first-order chi connectivity index (χ1) is 56.8. The van der Waals surface area contributed by atoms with Gasteiger partial charge in [-0.05, 0) is 211 Å². The number of esters is 3. The molecule has 8 aromatic carbocycles. The first-order valence-corrected chi connectivity index (χ1v) is 44.5. The molecule has 0 heterocycles. The topological polar surface area (TPSA) is 231 Å². The summed E-state index contributed by atoms with van der Waals surface area (Å²) >= 11 is 2.94. The van der Waals surface area contributed by atoms with Crippen LogP contribution in [0.5, 0.6) is 46.0 Å². The smallest absolute Gasteiger partial charge is 1.00 e. The Morgan fingerprint density at radius 3 is 0.532 bits per heavy atom. The van der Waals surface area contributed by atoms with Crippen molar-refractivity contribution in [3.63, 3.8) is 0 Å². The van der Waals surface area contributed by atoms with E-state index in [1.165, 1.54) is 13.8 Å². The summed E-state index contributed by atoms with van der Waals surface area (Å²) in [4.78, 5) is 62.0. The monoisotopic (exact) mass is 1770 g/mol. The van der Waals surface area contributed by atoms with Crippen LogP contribution in [-0.4, -0.2) is 101 Å². The van der Waals surface area contributed by atoms with Gasteiger partial charge in [0, 0.05) is 51.4 Å². The second-order valence-electron chi connectivity index (χ2n) is 41.6. The third kappa shape index (κ3) is 27.0. The number of aromatic hydroxyl groups is 4. The number of hydrogen-bond acceptors (Lipinski definition) is 16. The molecular weight excluding hydrogens is 1630 g/mol. The van der Waals surface area contributed by atoms with Crippen LogP contribution in [0.25, 0.3) is 0 Å². The van der Waals surface area contributed by atoms with Crippen LogP contribution in [0, 0.1) is 0 Å². The van der Waals surface area contributed by atoms with Gasteiger partial charge in [-0.25, -0.2) is 9.59 Å². The van der Waals surface area contributed by atoms with Crippen LogP contribution in [0.3, 0.4) is 0 Å². The zero-order chi connectivity index (χ0) is 91.9. The van der Waals surface area contributed by atoms with Gasteiger partial charge in [-0.1, -0.05) is 279 Å². The van der Waals surface area contributed by atoms with Gasteiger partial charge in [0.15, 0.2) is 24.8 Å². The summed E-state index contributed by atoms with van der Waals surface area (Å²) in [6.45, 7) is 60.2. The predicted molar refractivity (Wildman–Crippen MR) is 498 cm³/mol. The van der Waals surface area contributed by atoms with Gasteiger partial charge < -0.3 is 55.0 Å². The molecule has 0 radical (unpaired) electrons. The summed E-state index contributed by atoms with van der Waals surface area (Å²) in [5, 5.41) is 47.9. The molecular formula is C106H140BrNaO16. The number of hydrogen-bond donors (Lipinski definition) is 4. The average Bonchev–Trinajstić information content (AvgIpc) is 0.764. The van der Waals surface area contributed by atoms with E-state index >= 15 is 0 Å². The Morgan fingerprint density at radius 1 is 0.266 bits per heavy atom. The van der Waals surface area contributed by atoms with Crippen molar-refractivity contribution in [2.75, 3.05) is 51.6 Å². The van der Waals surface area contributed by atoms with E-state index in [1.54, 1.807) is 20.8 Å². The number of carbonyl (C=O) groups is 5. The van der Waals surface area contributed by atoms with Crippen molar-refractivity contribution in [3.05, 3.63) is 231 Å². The standard InChI is InChI=1S/C58H76O10.C44H56O4.C4H7BrO2.Na.H/c1-17-63-49(61)33-67-53-41-20-39-25-45(55(5,6)7)23-37(51(39)65-31-35(3)59)19-38-24-46(56(8,9)10)26-40(52(38)66-32-36(4)60)21-42-28-48(58(14,15)16)30-44(54(42)68-34-50(62)64-18-2)22-43(53)29-47(27-41)57(11,12)13;1-41(2,3)33-17-25-13-27-19-34(42(4,5)6)21-29(38(27)46)15-31-23-36(44(10,11)12)24-32(40(31)48)16-30-22-35(43(7,8)9)20-28(39(30)47)14-26(18-33)37(25)45;1-2-7-4(6)3-5;;/h23-30H,17-22,31-34H2,1-16H3;17-24,45-48H,13-16H2,1-12H3;2-3H2,1H3;;/q;;;+1;-1. The minimum absolute atomic E-state index is 0. The van der Waals surface area contributed by atoms with E-state index in [9.17, 15) is 44.4 Å². The molecule has 0 fully saturated rings. The van der Waals surface area contributed by atoms with Crippen LogP contribution >= 0.6 is 15.9 Å². The van der Waals surface area contributed by atoms with Gasteiger partial charge >= 0.3 is 47.5 Å². The van der Waals surface area contributed by atoms with Gasteiger partial charge in [0.1, 0.15) is 64.5 Å².